The van der Waals surface area contributed by atoms with E-state index in [4.69, 9.17) is 14.5 Å². The highest BCUT2D eigenvalue weighted by atomic mass is 32.2. The maximum Gasteiger partial charge on any atom is 0.262 e. The first-order valence-corrected chi connectivity index (χ1v) is 13.2. The zero-order chi connectivity index (χ0) is 24.6. The Morgan fingerprint density at radius 2 is 1.74 bits per heavy atom. The molecule has 7 nitrogen and oxygen atoms in total. The second-order valence-corrected chi connectivity index (χ2v) is 9.83. The first kappa shape index (κ1) is 25.1. The van der Waals surface area contributed by atoms with Crippen LogP contribution in [-0.2, 0) is 11.3 Å². The van der Waals surface area contributed by atoms with Gasteiger partial charge < -0.3 is 14.8 Å². The van der Waals surface area contributed by atoms with Crippen LogP contribution in [0.25, 0.3) is 10.9 Å². The fourth-order valence-corrected chi connectivity index (χ4v) is 5.37. The summed E-state index contributed by atoms with van der Waals surface area (Å²) >= 11 is 1.30. The van der Waals surface area contributed by atoms with Crippen molar-refractivity contribution < 1.29 is 14.3 Å². The highest BCUT2D eigenvalue weighted by molar-refractivity contribution is 7.99. The molecule has 1 amide bonds. The summed E-state index contributed by atoms with van der Waals surface area (Å²) in [5.41, 5.74) is 1.37. The molecule has 1 aliphatic carbocycles. The molecular weight excluding hydrogens is 462 g/mol. The Morgan fingerprint density at radius 1 is 1.03 bits per heavy atom. The van der Waals surface area contributed by atoms with Crippen LogP contribution < -0.4 is 20.3 Å². The second-order valence-electron chi connectivity index (χ2n) is 8.89. The number of thioether (sulfide) groups is 1. The maximum absolute atomic E-state index is 13.4. The molecule has 1 heterocycles. The molecular formula is C27H33N3O4S. The van der Waals surface area contributed by atoms with Crippen LogP contribution in [-0.4, -0.2) is 41.5 Å². The van der Waals surface area contributed by atoms with Gasteiger partial charge in [-0.2, -0.15) is 0 Å². The second kappa shape index (κ2) is 12.1. The van der Waals surface area contributed by atoms with Gasteiger partial charge in [-0.1, -0.05) is 62.1 Å². The van der Waals surface area contributed by atoms with Crippen LogP contribution in [0.15, 0.2) is 52.4 Å². The number of carbonyl (C=O) groups is 1. The van der Waals surface area contributed by atoms with E-state index in [1.54, 1.807) is 24.9 Å². The van der Waals surface area contributed by atoms with Crippen LogP contribution >= 0.6 is 11.8 Å². The van der Waals surface area contributed by atoms with Crippen molar-refractivity contribution in [1.29, 1.82) is 0 Å². The van der Waals surface area contributed by atoms with Crippen LogP contribution in [0.2, 0.25) is 0 Å². The number of methoxy groups -OCH3 is 2. The van der Waals surface area contributed by atoms with E-state index < -0.39 is 0 Å². The number of nitrogens with one attached hydrogen (secondary N) is 1. The number of para-hydroxylation sites is 1. The summed E-state index contributed by atoms with van der Waals surface area (Å²) in [7, 11) is 3.17. The molecule has 1 aliphatic rings. The van der Waals surface area contributed by atoms with Gasteiger partial charge in [0.15, 0.2) is 16.7 Å². The third-order valence-corrected chi connectivity index (χ3v) is 7.39. The SMILES string of the molecule is COc1ccc(Cn2c(SCC(=O)NC3CCCCCCC3)nc3ccccc3c2=O)cc1OC. The summed E-state index contributed by atoms with van der Waals surface area (Å²) in [4.78, 5) is 30.9. The molecule has 8 heteroatoms. The molecule has 0 aliphatic heterocycles. The van der Waals surface area contributed by atoms with E-state index in [1.165, 1.54) is 31.0 Å². The average molecular weight is 496 g/mol. The molecule has 1 fully saturated rings. The van der Waals surface area contributed by atoms with Crippen LogP contribution in [0.1, 0.15) is 50.5 Å². The molecule has 0 spiro atoms. The van der Waals surface area contributed by atoms with Crippen molar-refractivity contribution in [2.24, 2.45) is 0 Å². The lowest BCUT2D eigenvalue weighted by Crippen LogP contribution is -2.36. The van der Waals surface area contributed by atoms with Gasteiger partial charge >= 0.3 is 0 Å². The number of amides is 1. The number of ether oxygens (including phenoxy) is 2. The van der Waals surface area contributed by atoms with Crippen molar-refractivity contribution >= 4 is 28.6 Å². The molecule has 35 heavy (non-hydrogen) atoms. The van der Waals surface area contributed by atoms with Crippen LogP contribution in [0.4, 0.5) is 0 Å². The Labute approximate surface area is 210 Å². The Hall–Kier alpha value is -3.00. The molecule has 0 bridgehead atoms. The van der Waals surface area contributed by atoms with E-state index in [0.717, 1.165) is 31.2 Å². The average Bonchev–Trinajstić information content (AvgIpc) is 2.86. The largest absolute Gasteiger partial charge is 0.493 e. The zero-order valence-corrected chi connectivity index (χ0v) is 21.2. The molecule has 1 N–H and O–H groups in total. The molecule has 1 saturated carbocycles. The number of nitrogens with zero attached hydrogens (tertiary/aromatic N) is 2. The van der Waals surface area contributed by atoms with Crippen LogP contribution in [0.3, 0.4) is 0 Å². The van der Waals surface area contributed by atoms with Crippen molar-refractivity contribution in [2.75, 3.05) is 20.0 Å². The van der Waals surface area contributed by atoms with Crippen LogP contribution in [0, 0.1) is 0 Å². The lowest BCUT2D eigenvalue weighted by Gasteiger charge is -2.21. The fraction of sp³-hybridized carbons (Fsp3) is 0.444. The topological polar surface area (TPSA) is 82.5 Å². The number of rotatable bonds is 8. The minimum absolute atomic E-state index is 0.0133. The molecule has 2 aromatic carbocycles. The highest BCUT2D eigenvalue weighted by Gasteiger charge is 2.17. The molecule has 186 valence electrons. The Kier molecular flexibility index (Phi) is 8.69. The standard InChI is InChI=1S/C27H33N3O4S/c1-33-23-15-14-19(16-24(23)34-2)17-30-26(32)21-12-8-9-13-22(21)29-27(30)35-18-25(31)28-20-10-6-4-3-5-7-11-20/h8-9,12-16,20H,3-7,10-11,17-18H2,1-2H3,(H,28,31). The van der Waals surface area contributed by atoms with Gasteiger partial charge in [0.25, 0.3) is 5.56 Å². The van der Waals surface area contributed by atoms with Crippen LogP contribution in [0.5, 0.6) is 11.5 Å². The molecule has 4 rings (SSSR count). The van der Waals surface area contributed by atoms with Gasteiger partial charge in [-0.25, -0.2) is 4.98 Å². The Bertz CT molecular complexity index is 1220. The van der Waals surface area contributed by atoms with E-state index in [0.29, 0.717) is 34.1 Å². The third-order valence-electron chi connectivity index (χ3n) is 6.42. The summed E-state index contributed by atoms with van der Waals surface area (Å²) in [5.74, 6) is 1.42. The summed E-state index contributed by atoms with van der Waals surface area (Å²) in [6, 6.07) is 13.1. The third kappa shape index (κ3) is 6.36. The quantitative estimate of drug-likeness (QED) is 0.358. The van der Waals surface area contributed by atoms with E-state index in [2.05, 4.69) is 5.32 Å². The van der Waals surface area contributed by atoms with Gasteiger partial charge in [0.1, 0.15) is 0 Å². The number of benzene rings is 2. The van der Waals surface area contributed by atoms with Gasteiger partial charge in [0.2, 0.25) is 5.91 Å². The minimum atomic E-state index is -0.131. The molecule has 3 aromatic rings. The van der Waals surface area contributed by atoms with Crippen molar-refractivity contribution in [3.63, 3.8) is 0 Å². The van der Waals surface area contributed by atoms with Crippen molar-refractivity contribution in [3.8, 4) is 11.5 Å². The van der Waals surface area contributed by atoms with E-state index in [9.17, 15) is 9.59 Å². The lowest BCUT2D eigenvalue weighted by atomic mass is 9.97. The van der Waals surface area contributed by atoms with Crippen molar-refractivity contribution in [1.82, 2.24) is 14.9 Å². The van der Waals surface area contributed by atoms with E-state index in [-0.39, 0.29) is 23.3 Å². The number of aromatic nitrogens is 2. The first-order chi connectivity index (χ1) is 17.1. The normalized spacial score (nSPS) is 14.8. The van der Waals surface area contributed by atoms with Gasteiger partial charge in [0, 0.05) is 6.04 Å². The van der Waals surface area contributed by atoms with Gasteiger partial charge in [0.05, 0.1) is 37.4 Å². The number of hydrogen-bond donors (Lipinski definition) is 1. The molecule has 0 radical (unpaired) electrons. The number of fused-ring (bicyclic) bond motifs is 1. The minimum Gasteiger partial charge on any atom is -0.493 e. The van der Waals surface area contributed by atoms with Crippen molar-refractivity contribution in [3.05, 3.63) is 58.4 Å². The lowest BCUT2D eigenvalue weighted by molar-refractivity contribution is -0.119. The number of hydrogen-bond acceptors (Lipinski definition) is 6. The van der Waals surface area contributed by atoms with Gasteiger partial charge in [-0.05, 0) is 42.7 Å². The maximum atomic E-state index is 13.4. The molecule has 1 aromatic heterocycles. The van der Waals surface area contributed by atoms with E-state index in [1.807, 2.05) is 36.4 Å². The summed E-state index contributed by atoms with van der Waals surface area (Å²) in [5, 5.41) is 4.28. The summed E-state index contributed by atoms with van der Waals surface area (Å²) < 4.78 is 12.4. The monoisotopic (exact) mass is 495 g/mol. The Balaban J connectivity index is 1.56. The van der Waals surface area contributed by atoms with Crippen molar-refractivity contribution in [2.45, 2.75) is 62.7 Å². The predicted octanol–water partition coefficient (Wildman–Crippen LogP) is 4.78. The molecule has 0 unspecified atom stereocenters. The molecule has 0 atom stereocenters. The van der Waals surface area contributed by atoms with Gasteiger partial charge in [-0.15, -0.1) is 0 Å². The zero-order valence-electron chi connectivity index (χ0n) is 20.4. The first-order valence-electron chi connectivity index (χ1n) is 12.2. The summed E-state index contributed by atoms with van der Waals surface area (Å²) in [6.07, 6.45) is 8.17. The highest BCUT2D eigenvalue weighted by Crippen LogP contribution is 2.28. The van der Waals surface area contributed by atoms with Gasteiger partial charge in [-0.3, -0.25) is 14.2 Å². The Morgan fingerprint density at radius 3 is 2.49 bits per heavy atom. The van der Waals surface area contributed by atoms with E-state index >= 15 is 0 Å². The molecule has 0 saturated heterocycles. The predicted molar refractivity (Wildman–Crippen MR) is 140 cm³/mol. The summed E-state index contributed by atoms with van der Waals surface area (Å²) in [6.45, 7) is 0.309. The number of carbonyl (C=O) groups excluding carboxylic acids is 1. The smallest absolute Gasteiger partial charge is 0.262 e. The fourth-order valence-electron chi connectivity index (χ4n) is 4.56.